The SMILES string of the molecule is CCCn1c(C)cnc1CCl. The maximum Gasteiger partial charge on any atom is 0.123 e. The highest BCUT2D eigenvalue weighted by molar-refractivity contribution is 6.16. The first-order valence-corrected chi connectivity index (χ1v) is 4.40. The van der Waals surface area contributed by atoms with Crippen LogP contribution in [-0.4, -0.2) is 9.55 Å². The lowest BCUT2D eigenvalue weighted by atomic mass is 10.4. The van der Waals surface area contributed by atoms with E-state index >= 15 is 0 Å². The fourth-order valence-electron chi connectivity index (χ4n) is 1.15. The minimum Gasteiger partial charge on any atom is -0.331 e. The topological polar surface area (TPSA) is 17.8 Å². The molecule has 2 nitrogen and oxygen atoms in total. The quantitative estimate of drug-likeness (QED) is 0.640. The van der Waals surface area contributed by atoms with Gasteiger partial charge in [0, 0.05) is 18.4 Å². The van der Waals surface area contributed by atoms with Gasteiger partial charge in [0.1, 0.15) is 5.82 Å². The number of aryl methyl sites for hydroxylation is 1. The molecule has 62 valence electrons. The lowest BCUT2D eigenvalue weighted by Crippen LogP contribution is -2.03. The maximum atomic E-state index is 5.70. The highest BCUT2D eigenvalue weighted by Gasteiger charge is 2.02. The highest BCUT2D eigenvalue weighted by Crippen LogP contribution is 2.07. The summed E-state index contributed by atoms with van der Waals surface area (Å²) in [6.45, 7) is 5.23. The van der Waals surface area contributed by atoms with Gasteiger partial charge in [0.15, 0.2) is 0 Å². The largest absolute Gasteiger partial charge is 0.331 e. The summed E-state index contributed by atoms with van der Waals surface area (Å²) in [5.41, 5.74) is 1.20. The van der Waals surface area contributed by atoms with Crippen LogP contribution >= 0.6 is 11.6 Å². The Bertz CT molecular complexity index is 230. The van der Waals surface area contributed by atoms with Crippen LogP contribution in [0.5, 0.6) is 0 Å². The summed E-state index contributed by atoms with van der Waals surface area (Å²) in [6.07, 6.45) is 2.99. The zero-order valence-corrected chi connectivity index (χ0v) is 7.73. The van der Waals surface area contributed by atoms with Crippen molar-refractivity contribution in [2.24, 2.45) is 0 Å². The van der Waals surface area contributed by atoms with E-state index in [1.54, 1.807) is 0 Å². The molecule has 0 aliphatic rings. The first kappa shape index (κ1) is 8.60. The molecule has 0 saturated carbocycles. The van der Waals surface area contributed by atoms with E-state index in [1.165, 1.54) is 5.69 Å². The number of imidazole rings is 1. The van der Waals surface area contributed by atoms with Gasteiger partial charge in [-0.25, -0.2) is 4.98 Å². The van der Waals surface area contributed by atoms with Crippen LogP contribution in [0.4, 0.5) is 0 Å². The third-order valence-corrected chi connectivity index (χ3v) is 1.94. The van der Waals surface area contributed by atoms with Crippen LogP contribution in [0.2, 0.25) is 0 Å². The van der Waals surface area contributed by atoms with Gasteiger partial charge >= 0.3 is 0 Å². The molecule has 11 heavy (non-hydrogen) atoms. The Labute approximate surface area is 72.2 Å². The van der Waals surface area contributed by atoms with Gasteiger partial charge < -0.3 is 4.57 Å². The minimum atomic E-state index is 0.508. The Balaban J connectivity index is 2.88. The van der Waals surface area contributed by atoms with Crippen LogP contribution in [0.3, 0.4) is 0 Å². The van der Waals surface area contributed by atoms with Gasteiger partial charge in [0.25, 0.3) is 0 Å². The van der Waals surface area contributed by atoms with E-state index in [1.807, 2.05) is 6.20 Å². The molecule has 0 unspecified atom stereocenters. The highest BCUT2D eigenvalue weighted by atomic mass is 35.5. The van der Waals surface area contributed by atoms with Crippen LogP contribution < -0.4 is 0 Å². The second kappa shape index (κ2) is 3.77. The number of hydrogen-bond acceptors (Lipinski definition) is 1. The Kier molecular flexibility index (Phi) is 2.94. The summed E-state index contributed by atoms with van der Waals surface area (Å²) >= 11 is 5.70. The Morgan fingerprint density at radius 3 is 2.91 bits per heavy atom. The molecule has 1 rings (SSSR count). The van der Waals surface area contributed by atoms with Gasteiger partial charge in [-0.1, -0.05) is 6.92 Å². The average Bonchev–Trinajstić information content (AvgIpc) is 2.34. The molecular weight excluding hydrogens is 160 g/mol. The number of nitrogens with zero attached hydrogens (tertiary/aromatic N) is 2. The zero-order chi connectivity index (χ0) is 8.27. The summed E-state index contributed by atoms with van der Waals surface area (Å²) in [5.74, 6) is 1.49. The van der Waals surface area contributed by atoms with Crippen molar-refractivity contribution in [3.8, 4) is 0 Å². The van der Waals surface area contributed by atoms with Crippen LogP contribution in [0, 0.1) is 6.92 Å². The maximum absolute atomic E-state index is 5.70. The van der Waals surface area contributed by atoms with Crippen LogP contribution in [0.15, 0.2) is 6.20 Å². The van der Waals surface area contributed by atoms with E-state index in [2.05, 4.69) is 23.4 Å². The first-order valence-electron chi connectivity index (χ1n) is 3.86. The molecule has 0 aliphatic carbocycles. The lowest BCUT2D eigenvalue weighted by molar-refractivity contribution is 0.639. The Hall–Kier alpha value is -0.500. The van der Waals surface area contributed by atoms with Crippen molar-refractivity contribution < 1.29 is 0 Å². The van der Waals surface area contributed by atoms with Crippen molar-refractivity contribution in [3.05, 3.63) is 17.7 Å². The Morgan fingerprint density at radius 2 is 2.36 bits per heavy atom. The van der Waals surface area contributed by atoms with E-state index in [-0.39, 0.29) is 0 Å². The van der Waals surface area contributed by atoms with Crippen molar-refractivity contribution >= 4 is 11.6 Å². The van der Waals surface area contributed by atoms with E-state index in [0.29, 0.717) is 5.88 Å². The van der Waals surface area contributed by atoms with Gasteiger partial charge in [0.05, 0.1) is 5.88 Å². The van der Waals surface area contributed by atoms with Crippen LogP contribution in [0.1, 0.15) is 24.9 Å². The van der Waals surface area contributed by atoms with Gasteiger partial charge in [-0.3, -0.25) is 0 Å². The monoisotopic (exact) mass is 172 g/mol. The molecule has 1 aromatic heterocycles. The third kappa shape index (κ3) is 1.74. The number of halogens is 1. The molecule has 1 aromatic rings. The summed E-state index contributed by atoms with van der Waals surface area (Å²) < 4.78 is 2.16. The molecule has 0 aliphatic heterocycles. The predicted molar refractivity (Wildman–Crippen MR) is 46.8 cm³/mol. The van der Waals surface area contributed by atoms with Gasteiger partial charge in [-0.15, -0.1) is 11.6 Å². The van der Waals surface area contributed by atoms with Crippen molar-refractivity contribution in [3.63, 3.8) is 0 Å². The molecule has 0 spiro atoms. The minimum absolute atomic E-state index is 0.508. The molecule has 0 fully saturated rings. The van der Waals surface area contributed by atoms with Crippen LogP contribution in [-0.2, 0) is 12.4 Å². The van der Waals surface area contributed by atoms with E-state index < -0.39 is 0 Å². The molecule has 0 saturated heterocycles. The number of rotatable bonds is 3. The summed E-state index contributed by atoms with van der Waals surface area (Å²) in [7, 11) is 0. The molecule has 0 amide bonds. The van der Waals surface area contributed by atoms with Crippen molar-refractivity contribution in [2.75, 3.05) is 0 Å². The van der Waals surface area contributed by atoms with Gasteiger partial charge in [0.2, 0.25) is 0 Å². The normalized spacial score (nSPS) is 10.5. The standard InChI is InChI=1S/C8H13ClN2/c1-3-4-11-7(2)6-10-8(11)5-9/h6H,3-5H2,1-2H3. The third-order valence-electron chi connectivity index (χ3n) is 1.70. The van der Waals surface area contributed by atoms with E-state index in [9.17, 15) is 0 Å². The molecular formula is C8H13ClN2. The van der Waals surface area contributed by atoms with Crippen LogP contribution in [0.25, 0.3) is 0 Å². The molecule has 3 heteroatoms. The number of hydrogen-bond donors (Lipinski definition) is 0. The molecule has 0 radical (unpaired) electrons. The molecule has 1 heterocycles. The van der Waals surface area contributed by atoms with Gasteiger partial charge in [-0.05, 0) is 13.3 Å². The second-order valence-electron chi connectivity index (χ2n) is 2.60. The first-order chi connectivity index (χ1) is 5.29. The summed E-state index contributed by atoms with van der Waals surface area (Å²) in [5, 5.41) is 0. The van der Waals surface area contributed by atoms with E-state index in [0.717, 1.165) is 18.8 Å². The molecule has 0 atom stereocenters. The summed E-state index contributed by atoms with van der Waals surface area (Å²) in [4.78, 5) is 4.18. The number of aromatic nitrogens is 2. The smallest absolute Gasteiger partial charge is 0.123 e. The summed E-state index contributed by atoms with van der Waals surface area (Å²) in [6, 6.07) is 0. The molecule has 0 N–H and O–H groups in total. The van der Waals surface area contributed by atoms with Gasteiger partial charge in [-0.2, -0.15) is 0 Å². The van der Waals surface area contributed by atoms with Crippen molar-refractivity contribution in [1.29, 1.82) is 0 Å². The second-order valence-corrected chi connectivity index (χ2v) is 2.87. The van der Waals surface area contributed by atoms with E-state index in [4.69, 9.17) is 11.6 Å². The fourth-order valence-corrected chi connectivity index (χ4v) is 1.36. The zero-order valence-electron chi connectivity index (χ0n) is 6.97. The lowest BCUT2D eigenvalue weighted by Gasteiger charge is -2.05. The molecule has 0 aromatic carbocycles. The molecule has 0 bridgehead atoms. The predicted octanol–water partition coefficient (Wildman–Crippen LogP) is 2.34. The van der Waals surface area contributed by atoms with Crippen molar-refractivity contribution in [1.82, 2.24) is 9.55 Å². The van der Waals surface area contributed by atoms with Crippen molar-refractivity contribution in [2.45, 2.75) is 32.7 Å². The Morgan fingerprint density at radius 1 is 1.64 bits per heavy atom. The fraction of sp³-hybridized carbons (Fsp3) is 0.625. The number of alkyl halides is 1. The average molecular weight is 173 g/mol.